The maximum Gasteiger partial charge on any atom is 0.408 e. The molecular formula is C44H79N5O19. The van der Waals surface area contributed by atoms with E-state index in [9.17, 15) is 49.5 Å². The van der Waals surface area contributed by atoms with Crippen molar-refractivity contribution in [2.75, 3.05) is 19.8 Å². The van der Waals surface area contributed by atoms with Crippen LogP contribution in [0.4, 0.5) is 24.0 Å². The molecule has 1 aliphatic carbocycles. The van der Waals surface area contributed by atoms with Crippen LogP contribution >= 0.6 is 0 Å². The summed E-state index contributed by atoms with van der Waals surface area (Å²) in [6.07, 6.45) is -20.2. The monoisotopic (exact) mass is 982 g/mol. The summed E-state index contributed by atoms with van der Waals surface area (Å²) < 4.78 is 52.1. The number of alkyl carbamates (subject to hydrolysis) is 5. The SMILES string of the molecule is CC(C)(C)OC(=O)NCC1CO[C@H](OC2C(O)[C@@H](O[C@H]3OC(CO)[C@@H](O)C(NC(=O)OC(C)(C)C)C3O)C(NC(=O)OC(C)(C)C)C[C@@H]2NC(=O)OC(C)(C)C)C(NC(=O)OC(C)(C)C)C[C@@H]1O. The standard InChI is InChI=1S/C44H79N5O19/c1-40(2,3)64-35(55)45-18-21-20-60-33(24(17-25(21)51)48-38(58)67-43(10,11)12)62-31-22(46-36(56)65-41(4,5)6)16-23(47-37(57)66-42(7,8)9)32(30(31)54)63-34-29(53)27(28(52)26(19-50)61-34)49-39(59)68-44(13,14)15/h21-34,50-54H,16-20H2,1-15H3,(H,45,55)(H,46,56)(H,47,57)(H,48,58)(H,49,59)/t21?,22-,23?,24?,25-,26?,27?,28+,29?,30?,31?,32-,33+,34+/m0/s1. The molecule has 2 aliphatic heterocycles. The lowest BCUT2D eigenvalue weighted by atomic mass is 9.83. The van der Waals surface area contributed by atoms with Crippen molar-refractivity contribution in [2.24, 2.45) is 5.92 Å². The highest BCUT2D eigenvalue weighted by molar-refractivity contribution is 5.70. The number of ether oxygens (including phenoxy) is 9. The van der Waals surface area contributed by atoms with Gasteiger partial charge in [-0.1, -0.05) is 0 Å². The Labute approximate surface area is 398 Å². The molecule has 24 nitrogen and oxygen atoms in total. The average Bonchev–Trinajstić information content (AvgIpc) is 3.26. The molecule has 0 aromatic rings. The molecule has 5 amide bonds. The van der Waals surface area contributed by atoms with Gasteiger partial charge in [-0.05, 0) is 117 Å². The van der Waals surface area contributed by atoms with Crippen LogP contribution < -0.4 is 26.6 Å². The number of nitrogens with one attached hydrogen (secondary N) is 5. The minimum atomic E-state index is -1.94. The van der Waals surface area contributed by atoms with Crippen LogP contribution in [0.2, 0.25) is 0 Å². The second kappa shape index (κ2) is 23.3. The number of amides is 5. The second-order valence-corrected chi connectivity index (χ2v) is 22.2. The molecule has 0 radical (unpaired) electrons. The largest absolute Gasteiger partial charge is 0.444 e. The molecule has 1 saturated carbocycles. The number of rotatable bonds is 11. The highest BCUT2D eigenvalue weighted by Gasteiger charge is 2.54. The normalized spacial score (nSPS) is 31.8. The first-order chi connectivity index (χ1) is 30.9. The quantitative estimate of drug-likeness (QED) is 0.132. The van der Waals surface area contributed by atoms with Gasteiger partial charge in [0.2, 0.25) is 0 Å². The maximum atomic E-state index is 13.5. The van der Waals surface area contributed by atoms with Crippen molar-refractivity contribution in [2.45, 2.75) is 224 Å². The van der Waals surface area contributed by atoms with E-state index in [0.717, 1.165) is 0 Å². The minimum Gasteiger partial charge on any atom is -0.444 e. The molecule has 394 valence electrons. The highest BCUT2D eigenvalue weighted by Crippen LogP contribution is 2.33. The Morgan fingerprint density at radius 1 is 0.515 bits per heavy atom. The van der Waals surface area contributed by atoms with Gasteiger partial charge in [0.15, 0.2) is 12.6 Å². The van der Waals surface area contributed by atoms with Crippen molar-refractivity contribution >= 4 is 30.5 Å². The van der Waals surface area contributed by atoms with Gasteiger partial charge in [0.1, 0.15) is 64.6 Å². The van der Waals surface area contributed by atoms with Gasteiger partial charge in [-0.25, -0.2) is 24.0 Å². The van der Waals surface area contributed by atoms with Crippen LogP contribution in [0.1, 0.15) is 117 Å². The van der Waals surface area contributed by atoms with Crippen molar-refractivity contribution in [3.63, 3.8) is 0 Å². The van der Waals surface area contributed by atoms with Crippen LogP contribution in [-0.2, 0) is 42.6 Å². The van der Waals surface area contributed by atoms with Gasteiger partial charge in [0, 0.05) is 12.5 Å². The van der Waals surface area contributed by atoms with Crippen LogP contribution in [0.5, 0.6) is 0 Å². The number of carbonyl (C=O) groups excluding carboxylic acids is 5. The molecule has 24 heteroatoms. The van der Waals surface area contributed by atoms with Gasteiger partial charge < -0.3 is 94.7 Å². The predicted molar refractivity (Wildman–Crippen MR) is 239 cm³/mol. The van der Waals surface area contributed by atoms with E-state index in [-0.39, 0.29) is 26.0 Å². The lowest BCUT2D eigenvalue weighted by Gasteiger charge is -2.49. The summed E-state index contributed by atoms with van der Waals surface area (Å²) in [4.78, 5) is 65.7. The van der Waals surface area contributed by atoms with Gasteiger partial charge in [-0.3, -0.25) is 0 Å². The number of hydrogen-bond acceptors (Lipinski definition) is 19. The fraction of sp³-hybridized carbons (Fsp3) is 0.886. The van der Waals surface area contributed by atoms with Crippen LogP contribution in [-0.4, -0.2) is 183 Å². The van der Waals surface area contributed by atoms with Crippen LogP contribution in [0.25, 0.3) is 0 Å². The zero-order valence-electron chi connectivity index (χ0n) is 42.1. The van der Waals surface area contributed by atoms with E-state index in [1.807, 2.05) is 0 Å². The molecule has 2 saturated heterocycles. The third kappa shape index (κ3) is 19.4. The van der Waals surface area contributed by atoms with Crippen molar-refractivity contribution < 1.29 is 92.1 Å². The third-order valence-electron chi connectivity index (χ3n) is 9.98. The molecule has 0 aromatic carbocycles. The molecule has 8 unspecified atom stereocenters. The van der Waals surface area contributed by atoms with Crippen molar-refractivity contribution in [1.82, 2.24) is 26.6 Å². The molecule has 3 aliphatic rings. The number of aliphatic hydroxyl groups is 5. The van der Waals surface area contributed by atoms with Gasteiger partial charge >= 0.3 is 30.5 Å². The Bertz CT molecular complexity index is 1690. The predicted octanol–water partition coefficient (Wildman–Crippen LogP) is 1.78. The molecule has 2 heterocycles. The Morgan fingerprint density at radius 2 is 0.912 bits per heavy atom. The van der Waals surface area contributed by atoms with Gasteiger partial charge in [0.25, 0.3) is 0 Å². The first-order valence-corrected chi connectivity index (χ1v) is 22.8. The summed E-state index contributed by atoms with van der Waals surface area (Å²) in [5, 5.41) is 69.9. The maximum absolute atomic E-state index is 13.5. The van der Waals surface area contributed by atoms with Crippen molar-refractivity contribution in [3.05, 3.63) is 0 Å². The topological polar surface area (TPSA) is 330 Å². The molecule has 0 spiro atoms. The fourth-order valence-electron chi connectivity index (χ4n) is 7.33. The van der Waals surface area contributed by atoms with E-state index >= 15 is 0 Å². The van der Waals surface area contributed by atoms with Crippen LogP contribution in [0, 0.1) is 5.92 Å². The number of hydrogen-bond donors (Lipinski definition) is 10. The summed E-state index contributed by atoms with van der Waals surface area (Å²) >= 11 is 0. The zero-order valence-corrected chi connectivity index (χ0v) is 42.1. The lowest BCUT2D eigenvalue weighted by molar-refractivity contribution is -0.313. The Kier molecular flexibility index (Phi) is 20.0. The van der Waals surface area contributed by atoms with Gasteiger partial charge in [-0.2, -0.15) is 0 Å². The van der Waals surface area contributed by atoms with E-state index in [1.54, 1.807) is 104 Å². The van der Waals surface area contributed by atoms with E-state index in [1.165, 1.54) is 0 Å². The second-order valence-electron chi connectivity index (χ2n) is 22.2. The summed E-state index contributed by atoms with van der Waals surface area (Å²) in [6, 6.07) is -5.40. The van der Waals surface area contributed by atoms with Crippen LogP contribution in [0.15, 0.2) is 0 Å². The Hall–Kier alpha value is -4.01. The van der Waals surface area contributed by atoms with E-state index in [4.69, 9.17) is 42.6 Å². The summed E-state index contributed by atoms with van der Waals surface area (Å²) in [5.41, 5.74) is -4.80. The minimum absolute atomic E-state index is 0.137. The number of carbonyl (C=O) groups is 5. The first kappa shape index (κ1) is 58.3. The summed E-state index contributed by atoms with van der Waals surface area (Å²) in [5.74, 6) is -0.800. The van der Waals surface area contributed by atoms with E-state index in [0.29, 0.717) is 0 Å². The Balaban J connectivity index is 2.13. The zero-order chi connectivity index (χ0) is 51.9. The molecule has 10 N–H and O–H groups in total. The highest BCUT2D eigenvalue weighted by atomic mass is 16.7. The summed E-state index contributed by atoms with van der Waals surface area (Å²) in [6.45, 7) is 23.2. The van der Waals surface area contributed by atoms with Gasteiger partial charge in [0.05, 0.1) is 43.5 Å². The first-order valence-electron chi connectivity index (χ1n) is 22.8. The molecule has 3 rings (SSSR count). The summed E-state index contributed by atoms with van der Waals surface area (Å²) in [7, 11) is 0. The van der Waals surface area contributed by atoms with Crippen molar-refractivity contribution in [1.29, 1.82) is 0 Å². The Morgan fingerprint density at radius 3 is 1.34 bits per heavy atom. The van der Waals surface area contributed by atoms with Crippen molar-refractivity contribution in [3.8, 4) is 0 Å². The molecular weight excluding hydrogens is 902 g/mol. The van der Waals surface area contributed by atoms with E-state index in [2.05, 4.69) is 26.6 Å². The molecule has 3 fully saturated rings. The molecule has 0 bridgehead atoms. The third-order valence-corrected chi connectivity index (χ3v) is 9.98. The molecule has 14 atom stereocenters. The van der Waals surface area contributed by atoms with E-state index < -0.39 is 150 Å². The fourth-order valence-corrected chi connectivity index (χ4v) is 7.33. The lowest BCUT2D eigenvalue weighted by Crippen LogP contribution is -2.70. The van der Waals surface area contributed by atoms with Crippen LogP contribution in [0.3, 0.4) is 0 Å². The number of aliphatic hydroxyl groups excluding tert-OH is 5. The van der Waals surface area contributed by atoms with Gasteiger partial charge in [-0.15, -0.1) is 0 Å². The smallest absolute Gasteiger partial charge is 0.408 e. The molecule has 68 heavy (non-hydrogen) atoms. The average molecular weight is 982 g/mol. The molecule has 0 aromatic heterocycles.